The Morgan fingerprint density at radius 3 is 2.75 bits per heavy atom. The Bertz CT molecular complexity index is 516. The summed E-state index contributed by atoms with van der Waals surface area (Å²) in [5, 5.41) is 11.8. The number of hydrogen-bond donors (Lipinski definition) is 2. The normalized spacial score (nSPS) is 27.7. The van der Waals surface area contributed by atoms with Gasteiger partial charge in [0.25, 0.3) is 0 Å². The van der Waals surface area contributed by atoms with Gasteiger partial charge in [-0.3, -0.25) is 0 Å². The molecule has 1 aliphatic heterocycles. The number of nitrogens with zero attached hydrogens (tertiary/aromatic N) is 4. The molecule has 0 radical (unpaired) electrons. The Morgan fingerprint density at radius 1 is 1.40 bits per heavy atom. The fourth-order valence-electron chi connectivity index (χ4n) is 2.84. The highest BCUT2D eigenvalue weighted by Gasteiger charge is 2.30. The molecule has 3 N–H and O–H groups in total. The first-order valence-electron chi connectivity index (χ1n) is 7.02. The topological polar surface area (TPSA) is 87.6 Å². The molecule has 2 rings (SSSR count). The Labute approximate surface area is 119 Å². The van der Waals surface area contributed by atoms with Gasteiger partial charge in [-0.15, -0.1) is 0 Å². The van der Waals surface area contributed by atoms with Crippen molar-refractivity contribution in [3.63, 3.8) is 0 Å². The first-order chi connectivity index (χ1) is 9.42. The largest absolute Gasteiger partial charge is 0.409 e. The van der Waals surface area contributed by atoms with E-state index in [1.54, 1.807) is 6.07 Å². The van der Waals surface area contributed by atoms with Gasteiger partial charge >= 0.3 is 0 Å². The third kappa shape index (κ3) is 2.84. The first-order valence-corrected chi connectivity index (χ1v) is 7.02. The van der Waals surface area contributed by atoms with Gasteiger partial charge in [0.15, 0.2) is 5.84 Å². The molecule has 0 spiro atoms. The third-order valence-corrected chi connectivity index (χ3v) is 4.07. The van der Waals surface area contributed by atoms with Crippen LogP contribution in [0.3, 0.4) is 0 Å². The van der Waals surface area contributed by atoms with E-state index in [1.807, 2.05) is 6.92 Å². The standard InChI is InChI=1S/C14H23N5O/c1-8-5-9(2)11(4)19(7-8)14-16-10(3)6-12(17-14)13(15)18-20/h6,8-9,11,20H,5,7H2,1-4H3,(H2,15,18). The Morgan fingerprint density at radius 2 is 2.10 bits per heavy atom. The zero-order valence-corrected chi connectivity index (χ0v) is 12.5. The van der Waals surface area contributed by atoms with Crippen molar-refractivity contribution in [1.82, 2.24) is 9.97 Å². The van der Waals surface area contributed by atoms with Crippen LogP contribution in [0.1, 0.15) is 38.6 Å². The SMILES string of the molecule is Cc1cc(/C(N)=N/O)nc(N2CC(C)CC(C)C2C)n1. The number of amidine groups is 1. The molecule has 6 heteroatoms. The summed E-state index contributed by atoms with van der Waals surface area (Å²) in [5.41, 5.74) is 6.92. The lowest BCUT2D eigenvalue weighted by Gasteiger charge is -2.41. The van der Waals surface area contributed by atoms with Gasteiger partial charge in [0.1, 0.15) is 5.69 Å². The quantitative estimate of drug-likeness (QED) is 0.372. The first kappa shape index (κ1) is 14.6. The summed E-state index contributed by atoms with van der Waals surface area (Å²) in [6, 6.07) is 2.10. The molecule has 110 valence electrons. The highest BCUT2D eigenvalue weighted by molar-refractivity contribution is 5.95. The minimum Gasteiger partial charge on any atom is -0.409 e. The molecule has 6 nitrogen and oxygen atoms in total. The van der Waals surface area contributed by atoms with Crippen molar-refractivity contribution in [1.29, 1.82) is 0 Å². The summed E-state index contributed by atoms with van der Waals surface area (Å²) in [6.07, 6.45) is 1.22. The molecule has 3 atom stereocenters. The number of nitrogens with two attached hydrogens (primary N) is 1. The number of oxime groups is 1. The molecule has 1 aromatic rings. The third-order valence-electron chi connectivity index (χ3n) is 4.07. The van der Waals surface area contributed by atoms with Crippen LogP contribution < -0.4 is 10.6 Å². The van der Waals surface area contributed by atoms with Gasteiger partial charge in [0.2, 0.25) is 5.95 Å². The predicted molar refractivity (Wildman–Crippen MR) is 79.0 cm³/mol. The number of hydrogen-bond acceptors (Lipinski definition) is 5. The number of aryl methyl sites for hydroxylation is 1. The van der Waals surface area contributed by atoms with Gasteiger partial charge in [-0.25, -0.2) is 9.97 Å². The van der Waals surface area contributed by atoms with Crippen LogP contribution in [0.25, 0.3) is 0 Å². The summed E-state index contributed by atoms with van der Waals surface area (Å²) >= 11 is 0. The fraction of sp³-hybridized carbons (Fsp3) is 0.643. The van der Waals surface area contributed by atoms with Crippen LogP contribution in [0.2, 0.25) is 0 Å². The Hall–Kier alpha value is -1.85. The molecule has 0 aromatic carbocycles. The van der Waals surface area contributed by atoms with Crippen LogP contribution in [0.5, 0.6) is 0 Å². The van der Waals surface area contributed by atoms with Crippen LogP contribution in [0, 0.1) is 18.8 Å². The van der Waals surface area contributed by atoms with Crippen molar-refractivity contribution < 1.29 is 5.21 Å². The molecule has 2 heterocycles. The second-order valence-electron chi connectivity index (χ2n) is 5.89. The number of anilines is 1. The monoisotopic (exact) mass is 277 g/mol. The average molecular weight is 277 g/mol. The second kappa shape index (κ2) is 5.64. The van der Waals surface area contributed by atoms with E-state index in [-0.39, 0.29) is 5.84 Å². The van der Waals surface area contributed by atoms with E-state index in [1.165, 1.54) is 6.42 Å². The summed E-state index contributed by atoms with van der Waals surface area (Å²) in [4.78, 5) is 11.2. The van der Waals surface area contributed by atoms with Crippen molar-refractivity contribution in [2.75, 3.05) is 11.4 Å². The fourth-order valence-corrected chi connectivity index (χ4v) is 2.84. The minimum atomic E-state index is 0.0162. The van der Waals surface area contributed by atoms with Crippen LogP contribution in [0.4, 0.5) is 5.95 Å². The molecule has 1 saturated heterocycles. The van der Waals surface area contributed by atoms with E-state index >= 15 is 0 Å². The second-order valence-corrected chi connectivity index (χ2v) is 5.89. The number of aromatic nitrogens is 2. The lowest BCUT2D eigenvalue weighted by molar-refractivity contribution is 0.293. The van der Waals surface area contributed by atoms with Crippen LogP contribution in [-0.4, -0.2) is 33.6 Å². The maximum Gasteiger partial charge on any atom is 0.226 e. The lowest BCUT2D eigenvalue weighted by Crippen LogP contribution is -2.46. The van der Waals surface area contributed by atoms with E-state index in [2.05, 4.69) is 40.8 Å². The van der Waals surface area contributed by atoms with Gasteiger partial charge in [0.05, 0.1) is 0 Å². The van der Waals surface area contributed by atoms with Crippen molar-refractivity contribution in [3.05, 3.63) is 17.5 Å². The van der Waals surface area contributed by atoms with E-state index in [0.717, 1.165) is 12.2 Å². The van der Waals surface area contributed by atoms with E-state index in [9.17, 15) is 0 Å². The molecule has 1 aliphatic rings. The van der Waals surface area contributed by atoms with Gasteiger partial charge in [-0.05, 0) is 38.2 Å². The van der Waals surface area contributed by atoms with Gasteiger partial charge in [0, 0.05) is 18.3 Å². The Balaban J connectivity index is 2.38. The molecule has 3 unspecified atom stereocenters. The molecule has 0 saturated carbocycles. The number of rotatable bonds is 2. The predicted octanol–water partition coefficient (Wildman–Crippen LogP) is 1.75. The lowest BCUT2D eigenvalue weighted by atomic mass is 9.86. The molecular formula is C14H23N5O. The molecule has 0 amide bonds. The van der Waals surface area contributed by atoms with E-state index in [4.69, 9.17) is 10.9 Å². The smallest absolute Gasteiger partial charge is 0.226 e. The van der Waals surface area contributed by atoms with Crippen LogP contribution >= 0.6 is 0 Å². The zero-order chi connectivity index (χ0) is 14.9. The molecule has 1 fully saturated rings. The summed E-state index contributed by atoms with van der Waals surface area (Å²) in [7, 11) is 0. The minimum absolute atomic E-state index is 0.0162. The molecular weight excluding hydrogens is 254 g/mol. The molecule has 0 bridgehead atoms. The van der Waals surface area contributed by atoms with Crippen molar-refractivity contribution >= 4 is 11.8 Å². The average Bonchev–Trinajstić information content (AvgIpc) is 2.41. The van der Waals surface area contributed by atoms with Gasteiger partial charge in [-0.2, -0.15) is 0 Å². The molecule has 1 aromatic heterocycles. The Kier molecular flexibility index (Phi) is 4.11. The summed E-state index contributed by atoms with van der Waals surface area (Å²) in [6.45, 7) is 9.53. The highest BCUT2D eigenvalue weighted by atomic mass is 16.4. The highest BCUT2D eigenvalue weighted by Crippen LogP contribution is 2.29. The molecule has 0 aliphatic carbocycles. The number of piperidine rings is 1. The maximum absolute atomic E-state index is 8.81. The summed E-state index contributed by atoms with van der Waals surface area (Å²) in [5.74, 6) is 1.88. The van der Waals surface area contributed by atoms with Crippen molar-refractivity contribution in [2.24, 2.45) is 22.7 Å². The van der Waals surface area contributed by atoms with E-state index < -0.39 is 0 Å². The van der Waals surface area contributed by atoms with Gasteiger partial charge in [-0.1, -0.05) is 19.0 Å². The maximum atomic E-state index is 8.81. The van der Waals surface area contributed by atoms with E-state index in [0.29, 0.717) is 29.5 Å². The van der Waals surface area contributed by atoms with Crippen LogP contribution in [-0.2, 0) is 0 Å². The molecule has 20 heavy (non-hydrogen) atoms. The van der Waals surface area contributed by atoms with Crippen molar-refractivity contribution in [3.8, 4) is 0 Å². The zero-order valence-electron chi connectivity index (χ0n) is 12.5. The van der Waals surface area contributed by atoms with Crippen LogP contribution in [0.15, 0.2) is 11.2 Å². The van der Waals surface area contributed by atoms with Gasteiger partial charge < -0.3 is 15.8 Å². The van der Waals surface area contributed by atoms with Crippen molar-refractivity contribution in [2.45, 2.75) is 40.2 Å². The summed E-state index contributed by atoms with van der Waals surface area (Å²) < 4.78 is 0.